The molecule has 2 rings (SSSR count). The number of aryl methyl sites for hydroxylation is 2. The van der Waals surface area contributed by atoms with Crippen molar-refractivity contribution in [2.45, 2.75) is 33.2 Å². The molecule has 2 heteroatoms. The Balaban J connectivity index is 2.28. The minimum absolute atomic E-state index is 0.257. The summed E-state index contributed by atoms with van der Waals surface area (Å²) in [5.41, 5.74) is 4.93. The molecular weight excluding hydrogens is 246 g/mol. The minimum Gasteiger partial charge on any atom is -0.496 e. The van der Waals surface area contributed by atoms with Crippen LogP contribution in [0.4, 0.5) is 5.69 Å². The van der Waals surface area contributed by atoms with E-state index in [1.165, 1.54) is 22.4 Å². The molecule has 1 atom stereocenters. The quantitative estimate of drug-likeness (QED) is 0.835. The van der Waals surface area contributed by atoms with Crippen molar-refractivity contribution in [2.24, 2.45) is 0 Å². The maximum atomic E-state index is 5.47. The SMILES string of the molecule is CCC(Nc1cc(C)cc(C)c1)c1ccccc1OC. The van der Waals surface area contributed by atoms with Gasteiger partial charge in [-0.25, -0.2) is 0 Å². The van der Waals surface area contributed by atoms with Crippen molar-refractivity contribution in [3.05, 3.63) is 59.2 Å². The molecule has 0 fully saturated rings. The van der Waals surface area contributed by atoms with Crippen LogP contribution in [0.3, 0.4) is 0 Å². The van der Waals surface area contributed by atoms with E-state index in [2.05, 4.69) is 56.4 Å². The maximum Gasteiger partial charge on any atom is 0.124 e. The average molecular weight is 269 g/mol. The van der Waals surface area contributed by atoms with E-state index >= 15 is 0 Å². The van der Waals surface area contributed by atoms with Gasteiger partial charge in [0.1, 0.15) is 5.75 Å². The number of benzene rings is 2. The molecule has 1 unspecified atom stereocenters. The molecule has 2 aromatic rings. The lowest BCUT2D eigenvalue weighted by Gasteiger charge is -2.21. The third-order valence-corrected chi connectivity index (χ3v) is 3.49. The lowest BCUT2D eigenvalue weighted by Crippen LogP contribution is -2.11. The molecule has 0 aromatic heterocycles. The lowest BCUT2D eigenvalue weighted by molar-refractivity contribution is 0.406. The van der Waals surface area contributed by atoms with E-state index in [1.807, 2.05) is 12.1 Å². The van der Waals surface area contributed by atoms with Gasteiger partial charge in [0, 0.05) is 11.3 Å². The van der Waals surface area contributed by atoms with Crippen LogP contribution in [0.25, 0.3) is 0 Å². The van der Waals surface area contributed by atoms with Gasteiger partial charge >= 0.3 is 0 Å². The van der Waals surface area contributed by atoms with Crippen molar-refractivity contribution in [3.63, 3.8) is 0 Å². The molecule has 2 aromatic carbocycles. The van der Waals surface area contributed by atoms with E-state index in [4.69, 9.17) is 4.74 Å². The molecule has 1 N–H and O–H groups in total. The van der Waals surface area contributed by atoms with E-state index in [9.17, 15) is 0 Å². The summed E-state index contributed by atoms with van der Waals surface area (Å²) in [6.45, 7) is 6.44. The molecule has 2 nitrogen and oxygen atoms in total. The Hall–Kier alpha value is -1.96. The second kappa shape index (κ2) is 6.47. The van der Waals surface area contributed by atoms with Crippen LogP contribution in [0, 0.1) is 13.8 Å². The van der Waals surface area contributed by atoms with Gasteiger partial charge in [-0.05, 0) is 49.6 Å². The number of methoxy groups -OCH3 is 1. The molecule has 0 aliphatic rings. The molecule has 0 radical (unpaired) electrons. The van der Waals surface area contributed by atoms with E-state index in [0.29, 0.717) is 0 Å². The Bertz CT molecular complexity index is 557. The fourth-order valence-electron chi connectivity index (χ4n) is 2.61. The summed E-state index contributed by atoms with van der Waals surface area (Å²) in [6, 6.07) is 15.0. The standard InChI is InChI=1S/C18H23NO/c1-5-17(16-8-6-7-9-18(16)20-4)19-15-11-13(2)10-14(3)12-15/h6-12,17,19H,5H2,1-4H3. The highest BCUT2D eigenvalue weighted by molar-refractivity contribution is 5.51. The minimum atomic E-state index is 0.257. The summed E-state index contributed by atoms with van der Waals surface area (Å²) < 4.78 is 5.47. The zero-order valence-corrected chi connectivity index (χ0v) is 12.7. The van der Waals surface area contributed by atoms with E-state index in [0.717, 1.165) is 12.2 Å². The molecule has 20 heavy (non-hydrogen) atoms. The van der Waals surface area contributed by atoms with Crippen molar-refractivity contribution < 1.29 is 4.74 Å². The number of ether oxygens (including phenoxy) is 1. The van der Waals surface area contributed by atoms with Gasteiger partial charge in [0.2, 0.25) is 0 Å². The summed E-state index contributed by atoms with van der Waals surface area (Å²) in [5, 5.41) is 3.62. The van der Waals surface area contributed by atoms with Crippen LogP contribution in [0.15, 0.2) is 42.5 Å². The number of rotatable bonds is 5. The Labute approximate surface area is 121 Å². The Kier molecular flexibility index (Phi) is 4.67. The Morgan fingerprint density at radius 3 is 2.30 bits per heavy atom. The van der Waals surface area contributed by atoms with E-state index < -0.39 is 0 Å². The first-order valence-corrected chi connectivity index (χ1v) is 7.11. The van der Waals surface area contributed by atoms with Gasteiger partial charge in [-0.1, -0.05) is 31.2 Å². The fourth-order valence-corrected chi connectivity index (χ4v) is 2.61. The van der Waals surface area contributed by atoms with Crippen LogP contribution < -0.4 is 10.1 Å². The monoisotopic (exact) mass is 269 g/mol. The molecular formula is C18H23NO. The molecule has 0 saturated heterocycles. The highest BCUT2D eigenvalue weighted by Crippen LogP contribution is 2.30. The highest BCUT2D eigenvalue weighted by Gasteiger charge is 2.13. The Morgan fingerprint density at radius 1 is 1.05 bits per heavy atom. The van der Waals surface area contributed by atoms with Gasteiger partial charge in [-0.15, -0.1) is 0 Å². The summed E-state index contributed by atoms with van der Waals surface area (Å²) in [7, 11) is 1.72. The predicted octanol–water partition coefficient (Wildman–Crippen LogP) is 4.88. The maximum absolute atomic E-state index is 5.47. The number of anilines is 1. The summed E-state index contributed by atoms with van der Waals surface area (Å²) in [5.74, 6) is 0.941. The molecule has 0 aliphatic carbocycles. The van der Waals surface area contributed by atoms with Gasteiger partial charge in [0.25, 0.3) is 0 Å². The van der Waals surface area contributed by atoms with Crippen LogP contribution in [0.1, 0.15) is 36.1 Å². The molecule has 0 bridgehead atoms. The van der Waals surface area contributed by atoms with Gasteiger partial charge in [-0.2, -0.15) is 0 Å². The topological polar surface area (TPSA) is 21.3 Å². The van der Waals surface area contributed by atoms with Gasteiger partial charge in [0.05, 0.1) is 13.2 Å². The van der Waals surface area contributed by atoms with Crippen LogP contribution in [0.5, 0.6) is 5.75 Å². The fraction of sp³-hybridized carbons (Fsp3) is 0.333. The van der Waals surface area contributed by atoms with Crippen molar-refractivity contribution in [3.8, 4) is 5.75 Å². The summed E-state index contributed by atoms with van der Waals surface area (Å²) in [6.07, 6.45) is 1.01. The van der Waals surface area contributed by atoms with Crippen molar-refractivity contribution >= 4 is 5.69 Å². The molecule has 0 heterocycles. The van der Waals surface area contributed by atoms with Crippen molar-refractivity contribution in [2.75, 3.05) is 12.4 Å². The first kappa shape index (κ1) is 14.4. The normalized spacial score (nSPS) is 12.0. The lowest BCUT2D eigenvalue weighted by atomic mass is 10.0. The highest BCUT2D eigenvalue weighted by atomic mass is 16.5. The zero-order valence-electron chi connectivity index (χ0n) is 12.7. The van der Waals surface area contributed by atoms with Gasteiger partial charge < -0.3 is 10.1 Å². The smallest absolute Gasteiger partial charge is 0.124 e. The third kappa shape index (κ3) is 3.32. The number of hydrogen-bond donors (Lipinski definition) is 1. The third-order valence-electron chi connectivity index (χ3n) is 3.49. The molecule has 0 saturated carbocycles. The molecule has 0 aliphatic heterocycles. The van der Waals surface area contributed by atoms with Crippen molar-refractivity contribution in [1.29, 1.82) is 0 Å². The van der Waals surface area contributed by atoms with Gasteiger partial charge in [-0.3, -0.25) is 0 Å². The van der Waals surface area contributed by atoms with E-state index in [-0.39, 0.29) is 6.04 Å². The van der Waals surface area contributed by atoms with Gasteiger partial charge in [0.15, 0.2) is 0 Å². The number of para-hydroxylation sites is 1. The second-order valence-electron chi connectivity index (χ2n) is 5.22. The van der Waals surface area contributed by atoms with E-state index in [1.54, 1.807) is 7.11 Å². The van der Waals surface area contributed by atoms with Crippen LogP contribution in [0.2, 0.25) is 0 Å². The van der Waals surface area contributed by atoms with Crippen LogP contribution in [-0.2, 0) is 0 Å². The Morgan fingerprint density at radius 2 is 1.70 bits per heavy atom. The number of hydrogen-bond acceptors (Lipinski definition) is 2. The summed E-state index contributed by atoms with van der Waals surface area (Å²) in [4.78, 5) is 0. The predicted molar refractivity (Wildman–Crippen MR) is 85.6 cm³/mol. The molecule has 106 valence electrons. The molecule has 0 spiro atoms. The largest absolute Gasteiger partial charge is 0.496 e. The average Bonchev–Trinajstić information content (AvgIpc) is 2.43. The van der Waals surface area contributed by atoms with Crippen LogP contribution >= 0.6 is 0 Å². The molecule has 0 amide bonds. The zero-order chi connectivity index (χ0) is 14.5. The summed E-state index contributed by atoms with van der Waals surface area (Å²) >= 11 is 0. The van der Waals surface area contributed by atoms with Crippen LogP contribution in [-0.4, -0.2) is 7.11 Å². The number of nitrogens with one attached hydrogen (secondary N) is 1. The first-order chi connectivity index (χ1) is 9.63. The second-order valence-corrected chi connectivity index (χ2v) is 5.22. The van der Waals surface area contributed by atoms with Crippen molar-refractivity contribution in [1.82, 2.24) is 0 Å². The first-order valence-electron chi connectivity index (χ1n) is 7.11.